The van der Waals surface area contributed by atoms with Crippen molar-refractivity contribution in [3.63, 3.8) is 0 Å². The van der Waals surface area contributed by atoms with Crippen molar-refractivity contribution in [1.29, 1.82) is 0 Å². The molecule has 2 aromatic rings. The van der Waals surface area contributed by atoms with Crippen LogP contribution in [0.4, 0.5) is 0 Å². The highest BCUT2D eigenvalue weighted by atomic mass is 16.5. The van der Waals surface area contributed by atoms with Crippen molar-refractivity contribution in [2.24, 2.45) is 0 Å². The third-order valence-electron chi connectivity index (χ3n) is 3.54. The molecule has 20 heavy (non-hydrogen) atoms. The Balaban J connectivity index is 2.83. The Hall–Kier alpha value is -2.30. The topological polar surface area (TPSA) is 68.5 Å². The first kappa shape index (κ1) is 14.1. The van der Waals surface area contributed by atoms with Crippen LogP contribution in [0.15, 0.2) is 18.2 Å². The Kier molecular flexibility index (Phi) is 3.53. The van der Waals surface area contributed by atoms with Gasteiger partial charge in [0.05, 0.1) is 7.11 Å². The van der Waals surface area contributed by atoms with E-state index in [2.05, 4.69) is 0 Å². The third-order valence-corrected chi connectivity index (χ3v) is 3.54. The predicted octanol–water partition coefficient (Wildman–Crippen LogP) is 2.69. The van der Waals surface area contributed by atoms with Crippen LogP contribution in [-0.4, -0.2) is 28.7 Å². The molecule has 2 rings (SSSR count). The average Bonchev–Trinajstić information content (AvgIpc) is 2.70. The highest BCUT2D eigenvalue weighted by Gasteiger charge is 2.26. The molecule has 106 valence electrons. The molecule has 1 N–H and O–H groups in total. The lowest BCUT2D eigenvalue weighted by molar-refractivity contribution is -0.143. The number of hydrogen-bond donors (Lipinski definition) is 1. The van der Waals surface area contributed by atoms with Gasteiger partial charge in [-0.2, -0.15) is 0 Å². The van der Waals surface area contributed by atoms with Gasteiger partial charge in [-0.1, -0.05) is 11.6 Å². The zero-order chi connectivity index (χ0) is 15.0. The van der Waals surface area contributed by atoms with Crippen molar-refractivity contribution in [2.75, 3.05) is 7.11 Å². The Morgan fingerprint density at radius 3 is 2.50 bits per heavy atom. The monoisotopic (exact) mass is 275 g/mol. The Morgan fingerprint density at radius 1 is 1.30 bits per heavy atom. The first-order chi connectivity index (χ1) is 9.38. The molecule has 1 heterocycles. The van der Waals surface area contributed by atoms with Crippen molar-refractivity contribution in [1.82, 2.24) is 4.57 Å². The number of esters is 1. The number of rotatable bonds is 3. The SMILES string of the molecule is COC(=O)C(C)n1c(C(=O)O)c(C)c2cc(C)ccc21. The summed E-state index contributed by atoms with van der Waals surface area (Å²) in [4.78, 5) is 23.3. The van der Waals surface area contributed by atoms with E-state index >= 15 is 0 Å². The van der Waals surface area contributed by atoms with E-state index in [1.807, 2.05) is 25.1 Å². The van der Waals surface area contributed by atoms with Gasteiger partial charge >= 0.3 is 11.9 Å². The summed E-state index contributed by atoms with van der Waals surface area (Å²) in [6.45, 7) is 5.34. The molecule has 0 aliphatic carbocycles. The lowest BCUT2D eigenvalue weighted by Gasteiger charge is -2.15. The summed E-state index contributed by atoms with van der Waals surface area (Å²) in [6.07, 6.45) is 0. The fraction of sp³-hybridized carbons (Fsp3) is 0.333. The summed E-state index contributed by atoms with van der Waals surface area (Å²) in [5.41, 5.74) is 2.55. The molecular formula is C15H17NO4. The van der Waals surface area contributed by atoms with Crippen molar-refractivity contribution in [3.8, 4) is 0 Å². The van der Waals surface area contributed by atoms with Gasteiger partial charge in [0.25, 0.3) is 0 Å². The van der Waals surface area contributed by atoms with Crippen molar-refractivity contribution < 1.29 is 19.4 Å². The highest BCUT2D eigenvalue weighted by Crippen LogP contribution is 2.30. The van der Waals surface area contributed by atoms with E-state index < -0.39 is 18.0 Å². The quantitative estimate of drug-likeness (QED) is 0.874. The Labute approximate surface area is 116 Å². The van der Waals surface area contributed by atoms with E-state index in [0.717, 1.165) is 16.5 Å². The lowest BCUT2D eigenvalue weighted by atomic mass is 10.1. The van der Waals surface area contributed by atoms with E-state index in [9.17, 15) is 14.7 Å². The van der Waals surface area contributed by atoms with Crippen LogP contribution in [-0.2, 0) is 9.53 Å². The van der Waals surface area contributed by atoms with Crippen LogP contribution in [0.1, 0.15) is 34.6 Å². The van der Waals surface area contributed by atoms with Gasteiger partial charge in [0.2, 0.25) is 0 Å². The molecule has 0 saturated carbocycles. The minimum Gasteiger partial charge on any atom is -0.477 e. The molecule has 0 spiro atoms. The van der Waals surface area contributed by atoms with Gasteiger partial charge in [-0.25, -0.2) is 9.59 Å². The molecule has 0 aliphatic heterocycles. The number of carbonyl (C=O) groups excluding carboxylic acids is 1. The molecule has 0 bridgehead atoms. The number of aromatic carboxylic acids is 1. The van der Waals surface area contributed by atoms with E-state index in [4.69, 9.17) is 4.74 Å². The van der Waals surface area contributed by atoms with Crippen LogP contribution in [0, 0.1) is 13.8 Å². The van der Waals surface area contributed by atoms with Gasteiger partial charge in [-0.05, 0) is 38.5 Å². The van der Waals surface area contributed by atoms with E-state index in [1.54, 1.807) is 13.8 Å². The number of carboxylic acids is 1. The van der Waals surface area contributed by atoms with Crippen LogP contribution in [0.5, 0.6) is 0 Å². The first-order valence-corrected chi connectivity index (χ1v) is 6.30. The van der Waals surface area contributed by atoms with Crippen molar-refractivity contribution in [2.45, 2.75) is 26.8 Å². The summed E-state index contributed by atoms with van der Waals surface area (Å²) in [5, 5.41) is 10.3. The molecule has 5 heteroatoms. The molecule has 0 aliphatic rings. The Morgan fingerprint density at radius 2 is 1.95 bits per heavy atom. The third kappa shape index (κ3) is 2.05. The maximum absolute atomic E-state index is 11.8. The van der Waals surface area contributed by atoms with Crippen molar-refractivity contribution in [3.05, 3.63) is 35.0 Å². The Bertz CT molecular complexity index is 699. The number of carbonyl (C=O) groups is 2. The largest absolute Gasteiger partial charge is 0.477 e. The molecular weight excluding hydrogens is 258 g/mol. The van der Waals surface area contributed by atoms with Gasteiger partial charge in [0.1, 0.15) is 11.7 Å². The van der Waals surface area contributed by atoms with Crippen LogP contribution in [0.3, 0.4) is 0 Å². The van der Waals surface area contributed by atoms with Gasteiger partial charge in [-0.3, -0.25) is 0 Å². The minimum atomic E-state index is -1.05. The summed E-state index contributed by atoms with van der Waals surface area (Å²) in [6, 6.07) is 4.97. The number of benzene rings is 1. The molecule has 0 fully saturated rings. The number of methoxy groups -OCH3 is 1. The minimum absolute atomic E-state index is 0.128. The van der Waals surface area contributed by atoms with Crippen molar-refractivity contribution >= 4 is 22.8 Å². The standard InChI is InChI=1S/C15H17NO4/c1-8-5-6-12-11(7-8)9(2)13(14(17)18)16(12)10(3)15(19)20-4/h5-7,10H,1-4H3,(H,17,18). The van der Waals surface area contributed by atoms with Crippen LogP contribution in [0.2, 0.25) is 0 Å². The predicted molar refractivity (Wildman–Crippen MR) is 75.1 cm³/mol. The second kappa shape index (κ2) is 5.00. The highest BCUT2D eigenvalue weighted by molar-refractivity contribution is 5.99. The van der Waals surface area contributed by atoms with E-state index in [-0.39, 0.29) is 5.69 Å². The maximum Gasteiger partial charge on any atom is 0.352 e. The van der Waals surface area contributed by atoms with Gasteiger partial charge in [0.15, 0.2) is 0 Å². The fourth-order valence-electron chi connectivity index (χ4n) is 2.53. The molecule has 0 saturated heterocycles. The molecule has 0 amide bonds. The fourth-order valence-corrected chi connectivity index (χ4v) is 2.53. The van der Waals surface area contributed by atoms with E-state index in [0.29, 0.717) is 5.56 Å². The van der Waals surface area contributed by atoms with Gasteiger partial charge in [-0.15, -0.1) is 0 Å². The number of ether oxygens (including phenoxy) is 1. The van der Waals surface area contributed by atoms with E-state index in [1.165, 1.54) is 11.7 Å². The second-order valence-corrected chi connectivity index (χ2v) is 4.87. The molecule has 1 atom stereocenters. The number of aromatic nitrogens is 1. The van der Waals surface area contributed by atoms with Crippen LogP contribution < -0.4 is 0 Å². The van der Waals surface area contributed by atoms with Gasteiger partial charge < -0.3 is 14.4 Å². The summed E-state index contributed by atoms with van der Waals surface area (Å²) in [5.74, 6) is -1.52. The molecule has 5 nitrogen and oxygen atoms in total. The molecule has 1 aromatic carbocycles. The lowest BCUT2D eigenvalue weighted by Crippen LogP contribution is -2.21. The summed E-state index contributed by atoms with van der Waals surface area (Å²) in [7, 11) is 1.29. The number of hydrogen-bond acceptors (Lipinski definition) is 3. The van der Waals surface area contributed by atoms with Gasteiger partial charge in [0, 0.05) is 10.9 Å². The zero-order valence-electron chi connectivity index (χ0n) is 11.9. The molecule has 1 unspecified atom stereocenters. The first-order valence-electron chi connectivity index (χ1n) is 6.30. The number of carboxylic acid groups (broad SMARTS) is 1. The molecule has 1 aromatic heterocycles. The summed E-state index contributed by atoms with van der Waals surface area (Å²) >= 11 is 0. The second-order valence-electron chi connectivity index (χ2n) is 4.87. The zero-order valence-corrected chi connectivity index (χ0v) is 11.9. The average molecular weight is 275 g/mol. The van der Waals surface area contributed by atoms with Crippen LogP contribution in [0.25, 0.3) is 10.9 Å². The number of aryl methyl sites for hydroxylation is 2. The number of fused-ring (bicyclic) bond motifs is 1. The summed E-state index contributed by atoms with van der Waals surface area (Å²) < 4.78 is 6.26. The number of nitrogens with zero attached hydrogens (tertiary/aromatic N) is 1. The smallest absolute Gasteiger partial charge is 0.352 e. The normalized spacial score (nSPS) is 12.4. The maximum atomic E-state index is 11.8. The molecule has 0 radical (unpaired) electrons. The van der Waals surface area contributed by atoms with Crippen LogP contribution >= 0.6 is 0 Å².